The van der Waals surface area contributed by atoms with Crippen molar-refractivity contribution in [3.8, 4) is 0 Å². The molecule has 5 nitrogen and oxygen atoms in total. The Morgan fingerprint density at radius 3 is 2.64 bits per heavy atom. The number of thioether (sulfide) groups is 1. The van der Waals surface area contributed by atoms with Gasteiger partial charge in [-0.05, 0) is 48.7 Å². The SMILES string of the molecule is CCc1ccc(N=C2SC(CC(=O)Nc3cc(Cl)ccc3C)C(=O)N2C)cc1. The summed E-state index contributed by atoms with van der Waals surface area (Å²) in [5, 5.41) is 3.51. The number of aliphatic imine (C=N–C) groups is 1. The maximum atomic E-state index is 12.5. The summed E-state index contributed by atoms with van der Waals surface area (Å²) in [7, 11) is 1.69. The van der Waals surface area contributed by atoms with Gasteiger partial charge in [0.1, 0.15) is 5.25 Å². The van der Waals surface area contributed by atoms with E-state index in [1.54, 1.807) is 19.2 Å². The molecule has 0 aromatic heterocycles. The van der Waals surface area contributed by atoms with Crippen LogP contribution in [0.4, 0.5) is 11.4 Å². The van der Waals surface area contributed by atoms with E-state index in [1.807, 2.05) is 37.3 Å². The fourth-order valence-corrected chi connectivity index (χ4v) is 4.14. The lowest BCUT2D eigenvalue weighted by Gasteiger charge is -2.11. The minimum atomic E-state index is -0.488. The summed E-state index contributed by atoms with van der Waals surface area (Å²) in [6.45, 7) is 3.99. The lowest BCUT2D eigenvalue weighted by molar-refractivity contribution is -0.127. The number of anilines is 1. The van der Waals surface area contributed by atoms with Crippen LogP contribution >= 0.6 is 23.4 Å². The number of rotatable bonds is 5. The molecule has 146 valence electrons. The van der Waals surface area contributed by atoms with Gasteiger partial charge in [0.25, 0.3) is 0 Å². The second-order valence-electron chi connectivity index (χ2n) is 6.63. The van der Waals surface area contributed by atoms with Crippen molar-refractivity contribution in [3.05, 3.63) is 58.6 Å². The fraction of sp³-hybridized carbons (Fsp3) is 0.286. The highest BCUT2D eigenvalue weighted by Gasteiger charge is 2.37. The smallest absolute Gasteiger partial charge is 0.242 e. The fourth-order valence-electron chi connectivity index (χ4n) is 2.81. The van der Waals surface area contributed by atoms with Crippen LogP contribution in [0.15, 0.2) is 47.5 Å². The Bertz CT molecular complexity index is 928. The molecule has 2 aromatic rings. The minimum Gasteiger partial charge on any atom is -0.326 e. The number of aryl methyl sites for hydroxylation is 2. The van der Waals surface area contributed by atoms with Crippen LogP contribution in [0.25, 0.3) is 0 Å². The van der Waals surface area contributed by atoms with Gasteiger partial charge in [0.05, 0.1) is 5.69 Å². The van der Waals surface area contributed by atoms with E-state index in [2.05, 4.69) is 17.2 Å². The molecule has 1 N–H and O–H groups in total. The molecule has 7 heteroatoms. The molecule has 1 aliphatic rings. The Morgan fingerprint density at radius 2 is 1.96 bits per heavy atom. The summed E-state index contributed by atoms with van der Waals surface area (Å²) in [5.74, 6) is -0.343. The summed E-state index contributed by atoms with van der Waals surface area (Å²) in [4.78, 5) is 31.1. The van der Waals surface area contributed by atoms with E-state index in [0.717, 1.165) is 17.7 Å². The molecule has 2 aromatic carbocycles. The molecule has 3 rings (SSSR count). The molecule has 1 atom stereocenters. The maximum absolute atomic E-state index is 12.5. The molecule has 1 heterocycles. The quantitative estimate of drug-likeness (QED) is 0.762. The number of hydrogen-bond donors (Lipinski definition) is 1. The lowest BCUT2D eigenvalue weighted by atomic mass is 10.2. The van der Waals surface area contributed by atoms with Crippen molar-refractivity contribution in [1.29, 1.82) is 0 Å². The number of benzene rings is 2. The van der Waals surface area contributed by atoms with Gasteiger partial charge in [-0.3, -0.25) is 14.5 Å². The first-order chi connectivity index (χ1) is 13.4. The highest BCUT2D eigenvalue weighted by atomic mass is 35.5. The minimum absolute atomic E-state index is 0.0770. The summed E-state index contributed by atoms with van der Waals surface area (Å²) >= 11 is 7.31. The molecule has 1 aliphatic heterocycles. The molecular formula is C21H22ClN3O2S. The Hall–Kier alpha value is -2.31. The number of nitrogens with zero attached hydrogens (tertiary/aromatic N) is 2. The Morgan fingerprint density at radius 1 is 1.25 bits per heavy atom. The first kappa shape index (κ1) is 20.4. The molecule has 0 radical (unpaired) electrons. The van der Waals surface area contributed by atoms with Crippen LogP contribution in [0.3, 0.4) is 0 Å². The third-order valence-electron chi connectivity index (χ3n) is 4.55. The van der Waals surface area contributed by atoms with Crippen LogP contribution in [0, 0.1) is 6.92 Å². The zero-order chi connectivity index (χ0) is 20.3. The van der Waals surface area contributed by atoms with Crippen molar-refractivity contribution in [2.24, 2.45) is 4.99 Å². The summed E-state index contributed by atoms with van der Waals surface area (Å²) < 4.78 is 0. The lowest BCUT2D eigenvalue weighted by Crippen LogP contribution is -2.30. The Labute approximate surface area is 174 Å². The van der Waals surface area contributed by atoms with Gasteiger partial charge < -0.3 is 5.32 Å². The van der Waals surface area contributed by atoms with Crippen LogP contribution in [0.5, 0.6) is 0 Å². The van der Waals surface area contributed by atoms with Crippen molar-refractivity contribution in [3.63, 3.8) is 0 Å². The zero-order valence-electron chi connectivity index (χ0n) is 16.0. The highest BCUT2D eigenvalue weighted by molar-refractivity contribution is 8.15. The van der Waals surface area contributed by atoms with Crippen LogP contribution < -0.4 is 5.32 Å². The van der Waals surface area contributed by atoms with Crippen molar-refractivity contribution in [1.82, 2.24) is 4.90 Å². The first-order valence-electron chi connectivity index (χ1n) is 9.05. The normalized spacial score (nSPS) is 18.0. The van der Waals surface area contributed by atoms with Crippen molar-refractivity contribution in [2.45, 2.75) is 31.9 Å². The van der Waals surface area contributed by atoms with Gasteiger partial charge in [0, 0.05) is 24.2 Å². The number of amidine groups is 1. The van der Waals surface area contributed by atoms with E-state index in [0.29, 0.717) is 15.9 Å². The van der Waals surface area contributed by atoms with E-state index >= 15 is 0 Å². The number of halogens is 1. The Kier molecular flexibility index (Phi) is 6.42. The number of carbonyl (C=O) groups is 2. The molecule has 0 saturated carbocycles. The molecule has 1 saturated heterocycles. The first-order valence-corrected chi connectivity index (χ1v) is 10.3. The van der Waals surface area contributed by atoms with E-state index in [4.69, 9.17) is 11.6 Å². The molecule has 0 aliphatic carbocycles. The second kappa shape index (κ2) is 8.80. The van der Waals surface area contributed by atoms with Gasteiger partial charge in [0.2, 0.25) is 11.8 Å². The van der Waals surface area contributed by atoms with E-state index in [1.165, 1.54) is 22.2 Å². The number of amides is 2. The van der Waals surface area contributed by atoms with Crippen LogP contribution in [-0.4, -0.2) is 34.2 Å². The van der Waals surface area contributed by atoms with Crippen LogP contribution in [0.1, 0.15) is 24.5 Å². The van der Waals surface area contributed by atoms with Crippen molar-refractivity contribution < 1.29 is 9.59 Å². The van der Waals surface area contributed by atoms with E-state index in [9.17, 15) is 9.59 Å². The third-order valence-corrected chi connectivity index (χ3v) is 6.02. The van der Waals surface area contributed by atoms with Gasteiger partial charge in [-0.1, -0.05) is 48.5 Å². The second-order valence-corrected chi connectivity index (χ2v) is 8.24. The maximum Gasteiger partial charge on any atom is 0.242 e. The monoisotopic (exact) mass is 415 g/mol. The number of hydrogen-bond acceptors (Lipinski definition) is 4. The van der Waals surface area contributed by atoms with Crippen molar-refractivity contribution >= 4 is 51.7 Å². The predicted molar refractivity (Wildman–Crippen MR) is 116 cm³/mol. The number of nitrogens with one attached hydrogen (secondary N) is 1. The van der Waals surface area contributed by atoms with Gasteiger partial charge in [-0.15, -0.1) is 0 Å². The predicted octanol–water partition coefficient (Wildman–Crippen LogP) is 4.80. The number of carbonyl (C=O) groups excluding carboxylic acids is 2. The van der Waals surface area contributed by atoms with E-state index in [-0.39, 0.29) is 18.2 Å². The topological polar surface area (TPSA) is 61.8 Å². The van der Waals surface area contributed by atoms with Gasteiger partial charge in [0.15, 0.2) is 5.17 Å². The van der Waals surface area contributed by atoms with E-state index < -0.39 is 5.25 Å². The zero-order valence-corrected chi connectivity index (χ0v) is 17.6. The van der Waals surface area contributed by atoms with Crippen LogP contribution in [-0.2, 0) is 16.0 Å². The average Bonchev–Trinajstić information content (AvgIpc) is 2.93. The van der Waals surface area contributed by atoms with Gasteiger partial charge in [-0.25, -0.2) is 4.99 Å². The summed E-state index contributed by atoms with van der Waals surface area (Å²) in [5.41, 5.74) is 3.60. The molecule has 28 heavy (non-hydrogen) atoms. The molecular weight excluding hydrogens is 394 g/mol. The van der Waals surface area contributed by atoms with Crippen molar-refractivity contribution in [2.75, 3.05) is 12.4 Å². The van der Waals surface area contributed by atoms with Gasteiger partial charge in [-0.2, -0.15) is 0 Å². The standard InChI is InChI=1S/C21H22ClN3O2S/c1-4-14-6-9-16(10-7-14)23-21-25(3)20(27)18(28-21)12-19(26)24-17-11-15(22)8-5-13(17)2/h5-11,18H,4,12H2,1-3H3,(H,24,26). The average molecular weight is 416 g/mol. The van der Waals surface area contributed by atoms with Gasteiger partial charge >= 0.3 is 0 Å². The van der Waals surface area contributed by atoms with Crippen LogP contribution in [0.2, 0.25) is 5.02 Å². The third kappa shape index (κ3) is 4.75. The Balaban J connectivity index is 1.68. The highest BCUT2D eigenvalue weighted by Crippen LogP contribution is 2.31. The largest absolute Gasteiger partial charge is 0.326 e. The molecule has 0 spiro atoms. The summed E-state index contributed by atoms with van der Waals surface area (Å²) in [6.07, 6.45) is 1.04. The molecule has 0 bridgehead atoms. The molecule has 1 fully saturated rings. The summed E-state index contributed by atoms with van der Waals surface area (Å²) in [6, 6.07) is 13.2. The molecule has 1 unspecified atom stereocenters. The molecule has 2 amide bonds.